The quantitative estimate of drug-likeness (QED) is 0.655. The second-order valence-corrected chi connectivity index (χ2v) is 8.86. The van der Waals surface area contributed by atoms with Gasteiger partial charge in [0.1, 0.15) is 11.5 Å². The molecule has 30 heavy (non-hydrogen) atoms. The molecule has 1 aromatic carbocycles. The van der Waals surface area contributed by atoms with Gasteiger partial charge in [0, 0.05) is 30.4 Å². The zero-order valence-corrected chi connectivity index (χ0v) is 17.2. The first-order valence-corrected chi connectivity index (χ1v) is 10.8. The third-order valence-corrected chi connectivity index (χ3v) is 6.43. The van der Waals surface area contributed by atoms with E-state index in [0.29, 0.717) is 36.8 Å². The van der Waals surface area contributed by atoms with E-state index in [-0.39, 0.29) is 30.3 Å². The van der Waals surface area contributed by atoms with Crippen molar-refractivity contribution in [1.82, 2.24) is 9.80 Å². The first-order valence-electron chi connectivity index (χ1n) is 10.8. The molecule has 2 aromatic rings. The Morgan fingerprint density at radius 2 is 1.73 bits per heavy atom. The molecule has 2 aliphatic carbocycles. The van der Waals surface area contributed by atoms with Gasteiger partial charge in [0.25, 0.3) is 5.91 Å². The van der Waals surface area contributed by atoms with Crippen molar-refractivity contribution in [3.63, 3.8) is 0 Å². The molecule has 6 heteroatoms. The van der Waals surface area contributed by atoms with Crippen molar-refractivity contribution < 1.29 is 18.8 Å². The Labute approximate surface area is 175 Å². The molecule has 3 fully saturated rings. The van der Waals surface area contributed by atoms with E-state index >= 15 is 0 Å². The number of carbonyl (C=O) groups excluding carboxylic acids is 3. The van der Waals surface area contributed by atoms with Crippen molar-refractivity contribution in [2.24, 2.45) is 5.92 Å². The largest absolute Gasteiger partial charge is 0.464 e. The zero-order chi connectivity index (χ0) is 20.8. The highest BCUT2D eigenvalue weighted by atomic mass is 16.3. The van der Waals surface area contributed by atoms with Gasteiger partial charge in [-0.3, -0.25) is 19.3 Å². The van der Waals surface area contributed by atoms with E-state index in [0.717, 1.165) is 29.9 Å². The Bertz CT molecular complexity index is 973. The summed E-state index contributed by atoms with van der Waals surface area (Å²) in [5, 5.41) is 0. The lowest BCUT2D eigenvalue weighted by molar-refractivity contribution is -0.139. The SMILES string of the molecule is CC1CC1c1ccc(CN(C(=O)c2ccc(CN3C(=O)CCC3=O)cc2)C2CC2)o1. The highest BCUT2D eigenvalue weighted by molar-refractivity contribution is 6.01. The molecule has 2 atom stereocenters. The van der Waals surface area contributed by atoms with Crippen LogP contribution >= 0.6 is 0 Å². The Kier molecular flexibility index (Phi) is 4.72. The topological polar surface area (TPSA) is 70.8 Å². The Morgan fingerprint density at radius 3 is 2.33 bits per heavy atom. The molecule has 2 saturated carbocycles. The van der Waals surface area contributed by atoms with Crippen molar-refractivity contribution in [3.05, 3.63) is 59.0 Å². The van der Waals surface area contributed by atoms with Crippen LogP contribution in [0.4, 0.5) is 0 Å². The molecule has 2 heterocycles. The monoisotopic (exact) mass is 406 g/mol. The van der Waals surface area contributed by atoms with Gasteiger partial charge < -0.3 is 9.32 Å². The van der Waals surface area contributed by atoms with Crippen LogP contribution in [0, 0.1) is 5.92 Å². The minimum atomic E-state index is -0.126. The van der Waals surface area contributed by atoms with Crippen LogP contribution in [-0.2, 0) is 22.7 Å². The fourth-order valence-corrected chi connectivity index (χ4v) is 4.22. The van der Waals surface area contributed by atoms with Crippen molar-refractivity contribution in [1.29, 1.82) is 0 Å². The minimum absolute atomic E-state index is 0.00452. The molecule has 2 unspecified atom stereocenters. The van der Waals surface area contributed by atoms with Crippen molar-refractivity contribution >= 4 is 17.7 Å². The molecule has 6 nitrogen and oxygen atoms in total. The van der Waals surface area contributed by atoms with Crippen LogP contribution in [0.3, 0.4) is 0 Å². The Morgan fingerprint density at radius 1 is 1.07 bits per heavy atom. The molecule has 156 valence electrons. The molecule has 1 aliphatic heterocycles. The van der Waals surface area contributed by atoms with Crippen LogP contribution in [0.15, 0.2) is 40.8 Å². The number of furan rings is 1. The lowest BCUT2D eigenvalue weighted by Crippen LogP contribution is -2.32. The molecular weight excluding hydrogens is 380 g/mol. The second kappa shape index (κ2) is 7.42. The van der Waals surface area contributed by atoms with Crippen LogP contribution in [-0.4, -0.2) is 33.6 Å². The zero-order valence-electron chi connectivity index (χ0n) is 17.2. The van der Waals surface area contributed by atoms with Crippen LogP contribution in [0.1, 0.15) is 72.4 Å². The smallest absolute Gasteiger partial charge is 0.254 e. The van der Waals surface area contributed by atoms with E-state index in [2.05, 4.69) is 13.0 Å². The van der Waals surface area contributed by atoms with Crippen LogP contribution in [0.2, 0.25) is 0 Å². The van der Waals surface area contributed by atoms with Crippen molar-refractivity contribution in [2.45, 2.75) is 64.1 Å². The first kappa shape index (κ1) is 19.1. The van der Waals surface area contributed by atoms with Crippen LogP contribution in [0.5, 0.6) is 0 Å². The molecule has 0 spiro atoms. The summed E-state index contributed by atoms with van der Waals surface area (Å²) in [7, 11) is 0. The number of nitrogens with zero attached hydrogens (tertiary/aromatic N) is 2. The minimum Gasteiger partial charge on any atom is -0.464 e. The number of hydrogen-bond acceptors (Lipinski definition) is 4. The predicted molar refractivity (Wildman–Crippen MR) is 109 cm³/mol. The summed E-state index contributed by atoms with van der Waals surface area (Å²) in [5.41, 5.74) is 1.47. The summed E-state index contributed by atoms with van der Waals surface area (Å²) in [6.07, 6.45) is 3.81. The standard InChI is InChI=1S/C24H26N2O4/c1-15-12-20(15)21-9-8-19(30-21)14-25(18-6-7-18)24(29)17-4-2-16(3-5-17)13-26-22(27)10-11-23(26)28/h2-5,8-9,15,18,20H,6-7,10-14H2,1H3. The number of amides is 3. The number of carbonyl (C=O) groups is 3. The lowest BCUT2D eigenvalue weighted by atomic mass is 10.1. The van der Waals surface area contributed by atoms with Gasteiger partial charge in [0.05, 0.1) is 13.1 Å². The van der Waals surface area contributed by atoms with Gasteiger partial charge in [-0.2, -0.15) is 0 Å². The van der Waals surface area contributed by atoms with Gasteiger partial charge in [-0.25, -0.2) is 0 Å². The summed E-state index contributed by atoms with van der Waals surface area (Å²) in [6.45, 7) is 2.99. The van der Waals surface area contributed by atoms with E-state index in [1.54, 1.807) is 12.1 Å². The summed E-state index contributed by atoms with van der Waals surface area (Å²) in [5.74, 6) is 2.84. The lowest BCUT2D eigenvalue weighted by Gasteiger charge is -2.22. The summed E-state index contributed by atoms with van der Waals surface area (Å²) < 4.78 is 6.02. The van der Waals surface area contributed by atoms with E-state index < -0.39 is 0 Å². The number of likely N-dealkylation sites (tertiary alicyclic amines) is 1. The van der Waals surface area contributed by atoms with Crippen molar-refractivity contribution in [2.75, 3.05) is 0 Å². The van der Waals surface area contributed by atoms with E-state index in [4.69, 9.17) is 4.42 Å². The third-order valence-electron chi connectivity index (χ3n) is 6.43. The van der Waals surface area contributed by atoms with Crippen LogP contribution < -0.4 is 0 Å². The molecule has 5 rings (SSSR count). The fraction of sp³-hybridized carbons (Fsp3) is 0.458. The molecule has 3 amide bonds. The Hall–Kier alpha value is -2.89. The first-order chi connectivity index (χ1) is 14.5. The molecular formula is C24H26N2O4. The highest BCUT2D eigenvalue weighted by Gasteiger charge is 2.38. The maximum Gasteiger partial charge on any atom is 0.254 e. The van der Waals surface area contributed by atoms with Gasteiger partial charge in [0.15, 0.2) is 0 Å². The molecule has 1 saturated heterocycles. The maximum absolute atomic E-state index is 13.2. The van der Waals surface area contributed by atoms with E-state index in [9.17, 15) is 14.4 Å². The van der Waals surface area contributed by atoms with Gasteiger partial charge in [-0.15, -0.1) is 0 Å². The summed E-state index contributed by atoms with van der Waals surface area (Å²) in [4.78, 5) is 40.0. The van der Waals surface area contributed by atoms with E-state index in [1.165, 1.54) is 11.3 Å². The highest BCUT2D eigenvalue weighted by Crippen LogP contribution is 2.47. The summed E-state index contributed by atoms with van der Waals surface area (Å²) in [6, 6.07) is 11.6. The van der Waals surface area contributed by atoms with Gasteiger partial charge >= 0.3 is 0 Å². The number of imide groups is 1. The average Bonchev–Trinajstić information content (AvgIpc) is 3.65. The molecule has 0 radical (unpaired) electrons. The number of benzene rings is 1. The third kappa shape index (κ3) is 3.78. The van der Waals surface area contributed by atoms with Crippen molar-refractivity contribution in [3.8, 4) is 0 Å². The van der Waals surface area contributed by atoms with Crippen LogP contribution in [0.25, 0.3) is 0 Å². The Balaban J connectivity index is 1.26. The predicted octanol–water partition coefficient (Wildman–Crippen LogP) is 3.86. The van der Waals surface area contributed by atoms with Gasteiger partial charge in [-0.1, -0.05) is 19.1 Å². The number of rotatable bonds is 7. The average molecular weight is 406 g/mol. The van der Waals surface area contributed by atoms with E-state index in [1.807, 2.05) is 23.1 Å². The molecule has 1 aromatic heterocycles. The van der Waals surface area contributed by atoms with Gasteiger partial charge in [-0.05, 0) is 55.0 Å². The maximum atomic E-state index is 13.2. The molecule has 3 aliphatic rings. The molecule has 0 bridgehead atoms. The summed E-state index contributed by atoms with van der Waals surface area (Å²) >= 11 is 0. The fourth-order valence-electron chi connectivity index (χ4n) is 4.22. The van der Waals surface area contributed by atoms with Gasteiger partial charge in [0.2, 0.25) is 11.8 Å². The number of hydrogen-bond donors (Lipinski definition) is 0. The molecule has 0 N–H and O–H groups in total. The second-order valence-electron chi connectivity index (χ2n) is 8.86. The normalized spacial score (nSPS) is 23.2.